The smallest absolute Gasteiger partial charge is 0.239 e. The van der Waals surface area contributed by atoms with Crippen LogP contribution < -0.4 is 5.32 Å². The second-order valence-electron chi connectivity index (χ2n) is 5.01. The number of rotatable bonds is 5. The van der Waals surface area contributed by atoms with Crippen LogP contribution in [0.5, 0.6) is 0 Å². The lowest BCUT2D eigenvalue weighted by molar-refractivity contribution is -0.128. The van der Waals surface area contributed by atoms with E-state index in [0.717, 1.165) is 0 Å². The molecule has 1 atom stereocenters. The molecule has 0 aromatic heterocycles. The van der Waals surface area contributed by atoms with Crippen molar-refractivity contribution < 1.29 is 13.2 Å². The van der Waals surface area contributed by atoms with Gasteiger partial charge >= 0.3 is 0 Å². The molecule has 1 aliphatic heterocycles. The molecular weight excluding hydrogens is 290 g/mol. The van der Waals surface area contributed by atoms with Crippen LogP contribution in [0.1, 0.15) is 12.0 Å². The maximum absolute atomic E-state index is 12.2. The van der Waals surface area contributed by atoms with Crippen molar-refractivity contribution in [3.05, 3.63) is 29.8 Å². The maximum atomic E-state index is 12.2. The third kappa shape index (κ3) is 3.60. The van der Waals surface area contributed by atoms with Gasteiger partial charge in [0.25, 0.3) is 0 Å². The number of carbonyl (C=O) groups is 1. The monoisotopic (exact) mass is 307 g/mol. The van der Waals surface area contributed by atoms with Crippen molar-refractivity contribution in [2.45, 2.75) is 17.4 Å². The van der Waals surface area contributed by atoms with Gasteiger partial charge in [0.2, 0.25) is 5.91 Å². The minimum Gasteiger partial charge on any atom is -0.344 e. The molecule has 0 bridgehead atoms. The zero-order valence-electron chi connectivity index (χ0n) is 11.7. The summed E-state index contributed by atoms with van der Waals surface area (Å²) in [6.07, 6.45) is 0.694. The highest BCUT2D eigenvalue weighted by molar-refractivity contribution is 7.91. The second kappa shape index (κ2) is 6.24. The number of likely N-dealkylation sites (N-methyl/N-ethyl adjacent to an activating group) is 1. The van der Waals surface area contributed by atoms with Crippen LogP contribution in [0.3, 0.4) is 0 Å². The average Bonchev–Trinajstić information content (AvgIpc) is 2.79. The summed E-state index contributed by atoms with van der Waals surface area (Å²) in [5, 5.41) is 11.8. The van der Waals surface area contributed by atoms with Crippen molar-refractivity contribution in [1.29, 1.82) is 5.26 Å². The minimum atomic E-state index is -3.45. The fraction of sp³-hybridized carbons (Fsp3) is 0.429. The molecule has 1 N–H and O–H groups in total. The number of carbonyl (C=O) groups excluding carboxylic acids is 1. The Labute approximate surface area is 124 Å². The number of nitrogens with zero attached hydrogens (tertiary/aromatic N) is 2. The van der Waals surface area contributed by atoms with E-state index in [1.54, 1.807) is 24.1 Å². The van der Waals surface area contributed by atoms with Crippen LogP contribution in [0.25, 0.3) is 0 Å². The minimum absolute atomic E-state index is 0.00104. The molecule has 1 fully saturated rings. The van der Waals surface area contributed by atoms with Crippen molar-refractivity contribution in [3.63, 3.8) is 0 Å². The number of likely N-dealkylation sites (tertiary alicyclic amines) is 1. The molecule has 1 heterocycles. The molecule has 1 saturated heterocycles. The molecule has 1 amide bonds. The molecule has 1 aliphatic rings. The zero-order chi connectivity index (χ0) is 15.5. The van der Waals surface area contributed by atoms with Crippen molar-refractivity contribution >= 4 is 15.7 Å². The molecule has 0 aliphatic carbocycles. The number of benzene rings is 1. The number of amides is 1. The lowest BCUT2D eigenvalue weighted by atomic mass is 10.2. The van der Waals surface area contributed by atoms with Gasteiger partial charge in [0.15, 0.2) is 9.84 Å². The van der Waals surface area contributed by atoms with Gasteiger partial charge in [-0.05, 0) is 24.6 Å². The van der Waals surface area contributed by atoms with Crippen LogP contribution in [0.4, 0.5) is 0 Å². The Kier molecular flexibility index (Phi) is 4.60. The first kappa shape index (κ1) is 15.5. The molecule has 6 nitrogen and oxygen atoms in total. The first-order chi connectivity index (χ1) is 9.94. The highest BCUT2D eigenvalue weighted by atomic mass is 32.2. The van der Waals surface area contributed by atoms with E-state index in [-0.39, 0.29) is 29.1 Å². The number of nitriles is 1. The van der Waals surface area contributed by atoms with Gasteiger partial charge in [-0.3, -0.25) is 4.79 Å². The lowest BCUT2D eigenvalue weighted by Gasteiger charge is -2.12. The lowest BCUT2D eigenvalue weighted by Crippen LogP contribution is -2.39. The van der Waals surface area contributed by atoms with Crippen LogP contribution in [0.2, 0.25) is 0 Å². The topological polar surface area (TPSA) is 90.3 Å². The van der Waals surface area contributed by atoms with E-state index in [4.69, 9.17) is 5.26 Å². The van der Waals surface area contributed by atoms with E-state index in [1.807, 2.05) is 6.07 Å². The summed E-state index contributed by atoms with van der Waals surface area (Å²) >= 11 is 0. The molecule has 0 radical (unpaired) electrons. The van der Waals surface area contributed by atoms with Crippen molar-refractivity contribution in [3.8, 4) is 6.07 Å². The molecule has 2 rings (SSSR count). The molecule has 7 heteroatoms. The van der Waals surface area contributed by atoms with E-state index in [2.05, 4.69) is 5.32 Å². The second-order valence-corrected chi connectivity index (χ2v) is 7.12. The Morgan fingerprint density at radius 1 is 1.48 bits per heavy atom. The standard InChI is InChI=1S/C14H17N3O3S/c1-17-7-5-13(14(17)18)16-6-8-21(19,20)12-4-2-3-11(9-12)10-15/h2-4,9,13,16H,5-8H2,1H3. The fourth-order valence-electron chi connectivity index (χ4n) is 2.26. The fourth-order valence-corrected chi connectivity index (χ4v) is 3.47. The van der Waals surface area contributed by atoms with E-state index in [9.17, 15) is 13.2 Å². The van der Waals surface area contributed by atoms with E-state index in [1.165, 1.54) is 12.1 Å². The predicted octanol–water partition coefficient (Wildman–Crippen LogP) is 0.152. The van der Waals surface area contributed by atoms with Gasteiger partial charge < -0.3 is 10.2 Å². The third-order valence-corrected chi connectivity index (χ3v) is 5.23. The van der Waals surface area contributed by atoms with Crippen LogP contribution in [-0.4, -0.2) is 51.2 Å². The number of sulfone groups is 1. The average molecular weight is 307 g/mol. The van der Waals surface area contributed by atoms with Crippen LogP contribution in [-0.2, 0) is 14.6 Å². The molecule has 0 spiro atoms. The predicted molar refractivity (Wildman–Crippen MR) is 77.3 cm³/mol. The molecule has 0 saturated carbocycles. The van der Waals surface area contributed by atoms with Gasteiger partial charge in [0, 0.05) is 20.1 Å². The molecular formula is C14H17N3O3S. The van der Waals surface area contributed by atoms with Crippen molar-refractivity contribution in [2.24, 2.45) is 0 Å². The highest BCUT2D eigenvalue weighted by Gasteiger charge is 2.28. The molecule has 112 valence electrons. The van der Waals surface area contributed by atoms with Crippen molar-refractivity contribution in [1.82, 2.24) is 10.2 Å². The first-order valence-corrected chi connectivity index (χ1v) is 8.30. The maximum Gasteiger partial charge on any atom is 0.239 e. The summed E-state index contributed by atoms with van der Waals surface area (Å²) < 4.78 is 24.4. The molecule has 1 aromatic carbocycles. The first-order valence-electron chi connectivity index (χ1n) is 6.65. The summed E-state index contributed by atoms with van der Waals surface area (Å²) in [5.41, 5.74) is 0.316. The van der Waals surface area contributed by atoms with E-state index >= 15 is 0 Å². The van der Waals surface area contributed by atoms with Gasteiger partial charge in [0.1, 0.15) is 0 Å². The number of hydrogen-bond acceptors (Lipinski definition) is 5. The Hall–Kier alpha value is -1.91. The number of hydrogen-bond donors (Lipinski definition) is 1. The Morgan fingerprint density at radius 2 is 2.24 bits per heavy atom. The summed E-state index contributed by atoms with van der Waals surface area (Å²) in [5.74, 6) is -0.103. The van der Waals surface area contributed by atoms with Gasteiger partial charge in [-0.15, -0.1) is 0 Å². The third-order valence-electron chi connectivity index (χ3n) is 3.51. The van der Waals surface area contributed by atoms with Gasteiger partial charge in [-0.1, -0.05) is 6.07 Å². The van der Waals surface area contributed by atoms with Gasteiger partial charge in [0.05, 0.1) is 28.3 Å². The SMILES string of the molecule is CN1CCC(NCCS(=O)(=O)c2cccc(C#N)c2)C1=O. The van der Waals surface area contributed by atoms with Crippen LogP contribution in [0, 0.1) is 11.3 Å². The summed E-state index contributed by atoms with van der Waals surface area (Å²) in [6, 6.07) is 7.58. The largest absolute Gasteiger partial charge is 0.344 e. The Morgan fingerprint density at radius 3 is 2.86 bits per heavy atom. The number of nitrogens with one attached hydrogen (secondary N) is 1. The zero-order valence-corrected chi connectivity index (χ0v) is 12.6. The van der Waals surface area contributed by atoms with Crippen molar-refractivity contribution in [2.75, 3.05) is 25.9 Å². The summed E-state index contributed by atoms with van der Waals surface area (Å²) in [4.78, 5) is 13.5. The van der Waals surface area contributed by atoms with Gasteiger partial charge in [-0.2, -0.15) is 5.26 Å². The van der Waals surface area contributed by atoms with E-state index < -0.39 is 9.84 Å². The normalized spacial score (nSPS) is 18.8. The Balaban J connectivity index is 1.96. The van der Waals surface area contributed by atoms with Crippen LogP contribution in [0.15, 0.2) is 29.2 Å². The quantitative estimate of drug-likeness (QED) is 0.836. The summed E-state index contributed by atoms with van der Waals surface area (Å²) in [7, 11) is -1.72. The van der Waals surface area contributed by atoms with Crippen LogP contribution >= 0.6 is 0 Å². The Bertz CT molecular complexity index is 679. The molecule has 1 unspecified atom stereocenters. The molecule has 1 aromatic rings. The van der Waals surface area contributed by atoms with Gasteiger partial charge in [-0.25, -0.2) is 8.42 Å². The molecule has 21 heavy (non-hydrogen) atoms. The highest BCUT2D eigenvalue weighted by Crippen LogP contribution is 2.13. The van der Waals surface area contributed by atoms with E-state index in [0.29, 0.717) is 18.5 Å². The summed E-state index contributed by atoms with van der Waals surface area (Å²) in [6.45, 7) is 0.900.